The maximum absolute atomic E-state index is 12.7. The molecule has 0 amide bonds. The van der Waals surface area contributed by atoms with Gasteiger partial charge in [-0.05, 0) is 270 Å². The van der Waals surface area contributed by atoms with Gasteiger partial charge in [-0.3, -0.25) is 29.3 Å². The second-order valence-electron chi connectivity index (χ2n) is 41.9. The summed E-state index contributed by atoms with van der Waals surface area (Å²) in [7, 11) is -5.16. The summed E-state index contributed by atoms with van der Waals surface area (Å²) in [5.74, 6) is 6.56. The van der Waals surface area contributed by atoms with E-state index in [2.05, 4.69) is 201 Å². The number of carbonyl (C=O) groups is 5. The normalized spacial score (nSPS) is 13.7. The first-order valence-electron chi connectivity index (χ1n) is 49.9. The molecule has 10 aromatic heterocycles. The number of hydrogen-bond acceptors (Lipinski definition) is 29. The molecule has 3 aliphatic heterocycles. The van der Waals surface area contributed by atoms with Crippen LogP contribution < -0.4 is 43.4 Å². The van der Waals surface area contributed by atoms with E-state index >= 15 is 0 Å². The number of esters is 1. The summed E-state index contributed by atoms with van der Waals surface area (Å²) in [6.07, 6.45) is 22.1. The number of aromatic nitrogens is 10. The molecule has 143 heavy (non-hydrogen) atoms. The van der Waals surface area contributed by atoms with Crippen molar-refractivity contribution in [3.63, 3.8) is 0 Å². The summed E-state index contributed by atoms with van der Waals surface area (Å²) in [5, 5.41) is 26.7. The van der Waals surface area contributed by atoms with Gasteiger partial charge in [-0.15, -0.1) is 0 Å². The number of aryl methyl sites for hydroxylation is 5. The molecule has 3 aliphatic rings. The van der Waals surface area contributed by atoms with Crippen molar-refractivity contribution in [3.8, 4) is 0 Å². The fraction of sp³-hybridized carbons (Fsp3) is 0.500. The Labute approximate surface area is 853 Å². The van der Waals surface area contributed by atoms with Gasteiger partial charge >= 0.3 is 11.9 Å². The van der Waals surface area contributed by atoms with E-state index in [4.69, 9.17) is 72.0 Å². The van der Waals surface area contributed by atoms with Gasteiger partial charge in [0.05, 0.1) is 50.8 Å². The Bertz CT molecular complexity index is 5510. The zero-order valence-corrected chi connectivity index (χ0v) is 92.4. The summed E-state index contributed by atoms with van der Waals surface area (Å²) < 4.78 is 23.2. The van der Waals surface area contributed by atoms with Gasteiger partial charge in [0.25, 0.3) is 0 Å². The molecule has 3 fully saturated rings. The summed E-state index contributed by atoms with van der Waals surface area (Å²) >= 11 is 0. The number of ether oxygens (including phenoxy) is 1. The average Bonchev–Trinajstić information content (AvgIpc) is 0.809. The SMILES string of the molecule is CC(=O)Cc1ccc(CO[Si](C)(C)C(C)(C)C)cn1.CC(C)(C)[Si](C)(C)OCc1ccc(N)nc1.CCOC(=O)c1ccc(N)nc1.Cc1ccc(CCC(=O)Cc2ccc(CO)cn2)c(N2CCC(C)CC2)n1.Cc1ccc(CCC(=O)Cc2ccc(CO[Si](C)(C)C(C)(C)C)cn2)c(N2CCC(C)CC2)n1.Cc1ccc(CN)c(N2CCC(C)CC2)n1.Nc1ccc(C(=O)O)cn1.Nc1ccc(CO)cn1. The van der Waals surface area contributed by atoms with Gasteiger partial charge in [-0.2, -0.15) is 0 Å². The Kier molecular flexibility index (Phi) is 49.1. The number of ketones is 3. The maximum atomic E-state index is 12.7. The van der Waals surface area contributed by atoms with Crippen LogP contribution in [0.15, 0.2) is 165 Å². The molecular weight excluding hydrogens is 1850 g/mol. The number of rotatable bonds is 30. The topological polar surface area (TPSA) is 452 Å². The smallest absolute Gasteiger partial charge is 0.339 e. The molecule has 3 saturated heterocycles. The minimum atomic E-state index is -1.79. The second-order valence-corrected chi connectivity index (χ2v) is 56.3. The molecule has 0 unspecified atom stereocenters. The first-order valence-corrected chi connectivity index (χ1v) is 58.6. The third kappa shape index (κ3) is 43.1. The van der Waals surface area contributed by atoms with Crippen LogP contribution in [-0.4, -0.2) is 165 Å². The Hall–Kier alpha value is -11.5. The van der Waals surface area contributed by atoms with Crippen LogP contribution in [0.25, 0.3) is 0 Å². The molecule has 0 aliphatic carbocycles. The number of anilines is 7. The number of aromatic carboxylic acids is 1. The van der Waals surface area contributed by atoms with E-state index in [1.807, 2.05) is 93.8 Å². The Morgan fingerprint density at radius 2 is 0.678 bits per heavy atom. The number of nitrogen functional groups attached to an aromatic ring is 4. The number of aliphatic hydroxyl groups excluding tert-OH is 2. The van der Waals surface area contributed by atoms with E-state index < -0.39 is 30.9 Å². The molecule has 0 spiro atoms. The molecule has 13 rings (SSSR count). The number of piperidine rings is 3. The van der Waals surface area contributed by atoms with E-state index in [1.54, 1.807) is 56.7 Å². The van der Waals surface area contributed by atoms with Gasteiger partial charge in [-0.25, -0.2) is 44.5 Å². The number of pyridine rings is 10. The van der Waals surface area contributed by atoms with Crippen LogP contribution in [0.3, 0.4) is 0 Å². The third-order valence-corrected chi connectivity index (χ3v) is 40.0. The molecule has 13 heterocycles. The van der Waals surface area contributed by atoms with E-state index in [9.17, 15) is 24.0 Å². The van der Waals surface area contributed by atoms with Crippen molar-refractivity contribution in [2.45, 2.75) is 295 Å². The maximum Gasteiger partial charge on any atom is 0.339 e. The zero-order valence-electron chi connectivity index (χ0n) is 89.4. The molecule has 0 atom stereocenters. The highest BCUT2D eigenvalue weighted by Gasteiger charge is 2.40. The Balaban J connectivity index is 0.000000259. The molecule has 0 saturated carbocycles. The van der Waals surface area contributed by atoms with Gasteiger partial charge in [0, 0.05) is 161 Å². The fourth-order valence-corrected chi connectivity index (χ4v) is 16.7. The largest absolute Gasteiger partial charge is 0.478 e. The molecule has 30 nitrogen and oxygen atoms in total. The molecule has 0 bridgehead atoms. The van der Waals surface area contributed by atoms with Crippen molar-refractivity contribution < 1.29 is 57.3 Å². The fourth-order valence-electron chi connectivity index (χ4n) is 13.8. The summed E-state index contributed by atoms with van der Waals surface area (Å²) in [6, 6.07) is 37.2. The standard InChI is InChI=1S/C28H43N3O2Si.C22H29N3O2.C15H25NO2Si.C13H21N3.C12H22N2OSi.C8H10N2O2.C6H6N2O2.C6H8N2O/c1-21-14-16-31(17-15-21)27-24(10-8-22(2)30-27)11-13-26(32)18-25-12-9-23(19-29-25)20-33-34(6,7)28(3,4)5;1-16-9-11-25(12-10-16)22-19(5-3-17(2)24-22)6-8-21(27)13-20-7-4-18(15-26)14-23-20;1-12(17)9-14-8-7-13(10-16-14)11-18-19(5,6)15(2,3)4;1-10-5-7-16(8-6-10)13-12(9-14)4-3-11(2)15-13;1-12(2,3)16(4,5)15-9-10-6-7-11(13)14-8-10;1-2-12-8(11)6-3-4-7(9)10-5-6;7-5-2-1-4(3-8-5)6(9)10;7-6-2-1-5(4-9)3-8-6/h8-10,12,19,21H,11,13-18,20H2,1-7H3;3-5,7,14,16,26H,6,8-13,15H2,1-2H3;7-8,10H,9,11H2,1-6H3;3-4,10H,5-9,14H2,1-2H3;6-8H,9H2,1-5H3,(H2,13,14);3-5H,2H2,1H3,(H2,9,10);1-3H,(H2,7,8)(H,9,10);1-3,9H,4H2,(H2,7,8). The van der Waals surface area contributed by atoms with E-state index in [0.717, 1.165) is 148 Å². The summed E-state index contributed by atoms with van der Waals surface area (Å²) in [5.41, 5.74) is 41.5. The van der Waals surface area contributed by atoms with Gasteiger partial charge in [0.1, 0.15) is 58.1 Å². The summed E-state index contributed by atoms with van der Waals surface area (Å²) in [6.45, 7) is 59.2. The quantitative estimate of drug-likeness (QED) is 0.0153. The molecular formula is C110H164N18O12Si3. The van der Waals surface area contributed by atoms with Gasteiger partial charge in [-0.1, -0.05) is 132 Å². The van der Waals surface area contributed by atoms with Crippen molar-refractivity contribution in [2.24, 2.45) is 23.5 Å². The van der Waals surface area contributed by atoms with Crippen molar-refractivity contribution in [1.29, 1.82) is 0 Å². The monoisotopic (exact) mass is 2010 g/mol. The van der Waals surface area contributed by atoms with Crippen LogP contribution in [-0.2, 0) is 104 Å². The van der Waals surface area contributed by atoms with E-state index in [1.165, 1.54) is 74.2 Å². The number of carboxylic acids is 1. The van der Waals surface area contributed by atoms with Gasteiger partial charge in [0.15, 0.2) is 25.0 Å². The number of carbonyl (C=O) groups excluding carboxylic acids is 4. The molecule has 0 radical (unpaired) electrons. The van der Waals surface area contributed by atoms with Gasteiger partial charge in [0.2, 0.25) is 0 Å². The Morgan fingerprint density at radius 3 is 0.951 bits per heavy atom. The van der Waals surface area contributed by atoms with Crippen LogP contribution >= 0.6 is 0 Å². The van der Waals surface area contributed by atoms with Crippen LogP contribution in [0.2, 0.25) is 54.4 Å². The van der Waals surface area contributed by atoms with Crippen LogP contribution in [0.4, 0.5) is 40.7 Å². The highest BCUT2D eigenvalue weighted by molar-refractivity contribution is 6.75. The van der Waals surface area contributed by atoms with Gasteiger partial charge < -0.3 is 76.7 Å². The predicted molar refractivity (Wildman–Crippen MR) is 583 cm³/mol. The lowest BCUT2D eigenvalue weighted by atomic mass is 9.98. The van der Waals surface area contributed by atoms with Crippen LogP contribution in [0, 0.1) is 38.5 Å². The predicted octanol–water partition coefficient (Wildman–Crippen LogP) is 19.9. The minimum Gasteiger partial charge on any atom is -0.478 e. The highest BCUT2D eigenvalue weighted by Crippen LogP contribution is 2.40. The number of nitrogens with two attached hydrogens (primary N) is 5. The van der Waals surface area contributed by atoms with Crippen molar-refractivity contribution in [3.05, 3.63) is 255 Å². The summed E-state index contributed by atoms with van der Waals surface area (Å²) in [4.78, 5) is 107. The Morgan fingerprint density at radius 1 is 0.392 bits per heavy atom. The molecule has 778 valence electrons. The van der Waals surface area contributed by atoms with Crippen molar-refractivity contribution in [1.82, 2.24) is 49.8 Å². The van der Waals surface area contributed by atoms with E-state index in [0.29, 0.717) is 100 Å². The molecule has 10 aromatic rings. The van der Waals surface area contributed by atoms with E-state index in [-0.39, 0.29) is 57.2 Å². The first-order chi connectivity index (χ1) is 67.3. The average molecular weight is 2010 g/mol. The lowest BCUT2D eigenvalue weighted by molar-refractivity contribution is -0.119. The van der Waals surface area contributed by atoms with Crippen LogP contribution in [0.1, 0.15) is 248 Å². The van der Waals surface area contributed by atoms with Crippen molar-refractivity contribution >= 4 is 95.0 Å². The molecule has 13 N–H and O–H groups in total. The van der Waals surface area contributed by atoms with Crippen LogP contribution in [0.5, 0.6) is 0 Å². The third-order valence-electron chi connectivity index (χ3n) is 26.6. The molecule has 33 heteroatoms. The van der Waals surface area contributed by atoms with Crippen molar-refractivity contribution in [2.75, 3.05) is 83.5 Å². The number of nitrogens with zero attached hydrogens (tertiary/aromatic N) is 13. The molecule has 0 aromatic carbocycles. The highest BCUT2D eigenvalue weighted by atomic mass is 28.4. The number of Topliss-reactive ketones (excluding diaryl/α,β-unsaturated/α-hetero) is 3. The first kappa shape index (κ1) is 120. The lowest BCUT2D eigenvalue weighted by Gasteiger charge is -2.36. The zero-order chi connectivity index (χ0) is 106. The lowest BCUT2D eigenvalue weighted by Crippen LogP contribution is -2.40. The number of carboxylic acid groups (broad SMARTS) is 1. The number of aliphatic hydroxyl groups is 2. The number of hydrogen-bond donors (Lipinski definition) is 8. The minimum absolute atomic E-state index is 0.0211. The second kappa shape index (κ2) is 58.4.